The molecule has 1 heterocycles. The van der Waals surface area contributed by atoms with Gasteiger partial charge in [-0.15, -0.1) is 0 Å². The maximum absolute atomic E-state index is 12.9. The SMILES string of the molecule is N[C@H]1C(O)O[C@H](CF)[C@H](F)[C@@H]1O. The van der Waals surface area contributed by atoms with E-state index in [1.54, 1.807) is 0 Å². The van der Waals surface area contributed by atoms with Crippen LogP contribution in [0.2, 0.25) is 0 Å². The Morgan fingerprint density at radius 3 is 2.50 bits per heavy atom. The summed E-state index contributed by atoms with van der Waals surface area (Å²) in [4.78, 5) is 0. The van der Waals surface area contributed by atoms with E-state index in [2.05, 4.69) is 4.74 Å². The molecule has 0 radical (unpaired) electrons. The van der Waals surface area contributed by atoms with Crippen LogP contribution in [0.5, 0.6) is 0 Å². The molecule has 1 aliphatic heterocycles. The van der Waals surface area contributed by atoms with Gasteiger partial charge in [0.05, 0.1) is 6.04 Å². The van der Waals surface area contributed by atoms with E-state index in [9.17, 15) is 8.78 Å². The first kappa shape index (κ1) is 9.79. The van der Waals surface area contributed by atoms with E-state index >= 15 is 0 Å². The molecule has 1 unspecified atom stereocenters. The number of hydrogen-bond donors (Lipinski definition) is 3. The van der Waals surface area contributed by atoms with Crippen molar-refractivity contribution in [3.8, 4) is 0 Å². The number of aliphatic hydroxyl groups is 2. The number of ether oxygens (including phenoxy) is 1. The summed E-state index contributed by atoms with van der Waals surface area (Å²) in [6.45, 7) is -1.10. The minimum absolute atomic E-state index is 1.10. The van der Waals surface area contributed by atoms with Crippen LogP contribution in [0.3, 0.4) is 0 Å². The molecule has 4 N–H and O–H groups in total. The highest BCUT2D eigenvalue weighted by molar-refractivity contribution is 4.90. The fourth-order valence-corrected chi connectivity index (χ4v) is 1.07. The van der Waals surface area contributed by atoms with E-state index in [0.717, 1.165) is 0 Å². The van der Waals surface area contributed by atoms with Crippen molar-refractivity contribution in [2.24, 2.45) is 5.73 Å². The predicted octanol–water partition coefficient (Wildman–Crippen LogP) is -1.30. The first-order valence-corrected chi connectivity index (χ1v) is 3.55. The van der Waals surface area contributed by atoms with Gasteiger partial charge in [-0.05, 0) is 0 Å². The molecule has 0 aromatic heterocycles. The number of nitrogens with two attached hydrogens (primary N) is 1. The lowest BCUT2D eigenvalue weighted by molar-refractivity contribution is -0.230. The normalized spacial score (nSPS) is 49.2. The Balaban J connectivity index is 2.63. The van der Waals surface area contributed by atoms with Gasteiger partial charge in [-0.2, -0.15) is 0 Å². The number of alkyl halides is 2. The van der Waals surface area contributed by atoms with Crippen LogP contribution in [0.15, 0.2) is 0 Å². The molecule has 1 fully saturated rings. The van der Waals surface area contributed by atoms with Gasteiger partial charge in [0.25, 0.3) is 0 Å². The molecule has 6 heteroatoms. The zero-order valence-electron chi connectivity index (χ0n) is 6.23. The molecule has 0 spiro atoms. The van der Waals surface area contributed by atoms with Crippen LogP contribution < -0.4 is 5.73 Å². The Labute approximate surface area is 67.9 Å². The summed E-state index contributed by atoms with van der Waals surface area (Å²) in [5.74, 6) is 0. The van der Waals surface area contributed by atoms with Gasteiger partial charge in [-0.3, -0.25) is 0 Å². The summed E-state index contributed by atoms with van der Waals surface area (Å²) in [6, 6.07) is -1.22. The topological polar surface area (TPSA) is 75.7 Å². The van der Waals surface area contributed by atoms with Crippen LogP contribution in [-0.2, 0) is 4.74 Å². The van der Waals surface area contributed by atoms with Crippen molar-refractivity contribution in [3.63, 3.8) is 0 Å². The number of aliphatic hydroxyl groups excluding tert-OH is 2. The van der Waals surface area contributed by atoms with E-state index in [4.69, 9.17) is 15.9 Å². The Morgan fingerprint density at radius 2 is 2.00 bits per heavy atom. The molecule has 0 bridgehead atoms. The zero-order valence-corrected chi connectivity index (χ0v) is 6.23. The molecular formula is C6H11F2NO3. The van der Waals surface area contributed by atoms with Crippen LogP contribution in [0.1, 0.15) is 0 Å². The molecule has 72 valence electrons. The van der Waals surface area contributed by atoms with Crippen LogP contribution in [0.4, 0.5) is 8.78 Å². The molecule has 5 atom stereocenters. The third kappa shape index (κ3) is 1.56. The molecule has 1 aliphatic rings. The average Bonchev–Trinajstić information content (AvgIpc) is 2.08. The van der Waals surface area contributed by atoms with E-state index in [-0.39, 0.29) is 0 Å². The lowest BCUT2D eigenvalue weighted by Gasteiger charge is -2.36. The van der Waals surface area contributed by atoms with Gasteiger partial charge >= 0.3 is 0 Å². The summed E-state index contributed by atoms with van der Waals surface area (Å²) < 4.78 is 29.3. The zero-order chi connectivity index (χ0) is 9.30. The van der Waals surface area contributed by atoms with Crippen molar-refractivity contribution in [3.05, 3.63) is 0 Å². The van der Waals surface area contributed by atoms with Gasteiger partial charge in [-0.25, -0.2) is 8.78 Å². The second-order valence-corrected chi connectivity index (χ2v) is 2.73. The highest BCUT2D eigenvalue weighted by Gasteiger charge is 2.43. The van der Waals surface area contributed by atoms with Crippen molar-refractivity contribution < 1.29 is 23.7 Å². The van der Waals surface area contributed by atoms with E-state index < -0.39 is 37.4 Å². The quantitative estimate of drug-likeness (QED) is 0.472. The minimum Gasteiger partial charge on any atom is -0.388 e. The molecule has 0 aromatic carbocycles. The number of hydrogen-bond acceptors (Lipinski definition) is 4. The first-order valence-electron chi connectivity index (χ1n) is 3.55. The second-order valence-electron chi connectivity index (χ2n) is 2.73. The average molecular weight is 183 g/mol. The van der Waals surface area contributed by atoms with Gasteiger partial charge in [0.15, 0.2) is 12.5 Å². The fraction of sp³-hybridized carbons (Fsp3) is 1.00. The van der Waals surface area contributed by atoms with Crippen LogP contribution in [-0.4, -0.2) is 47.6 Å². The second kappa shape index (κ2) is 3.61. The molecule has 0 saturated carbocycles. The Bertz CT molecular complexity index is 155. The Kier molecular flexibility index (Phi) is 2.94. The van der Waals surface area contributed by atoms with E-state index in [1.807, 2.05) is 0 Å². The maximum atomic E-state index is 12.9. The molecular weight excluding hydrogens is 172 g/mol. The summed E-state index contributed by atoms with van der Waals surface area (Å²) in [5.41, 5.74) is 5.14. The number of rotatable bonds is 1. The van der Waals surface area contributed by atoms with E-state index in [0.29, 0.717) is 0 Å². The number of halogens is 2. The lowest BCUT2D eigenvalue weighted by atomic mass is 9.99. The van der Waals surface area contributed by atoms with Crippen molar-refractivity contribution >= 4 is 0 Å². The van der Waals surface area contributed by atoms with Crippen molar-refractivity contribution in [2.45, 2.75) is 30.7 Å². The summed E-state index contributed by atoms with van der Waals surface area (Å²) in [5, 5.41) is 17.9. The summed E-state index contributed by atoms with van der Waals surface area (Å²) >= 11 is 0. The monoisotopic (exact) mass is 183 g/mol. The van der Waals surface area contributed by atoms with Crippen molar-refractivity contribution in [2.75, 3.05) is 6.67 Å². The first-order chi connectivity index (χ1) is 5.57. The Morgan fingerprint density at radius 1 is 1.42 bits per heavy atom. The summed E-state index contributed by atoms with van der Waals surface area (Å²) in [7, 11) is 0. The largest absolute Gasteiger partial charge is 0.388 e. The standard InChI is InChI=1S/C6H11F2NO3/c7-1-2-3(8)5(10)4(9)6(11)12-2/h2-6,10-11H,1,9H2/t2-,3+,4-,5+,6?/m1/s1. The molecule has 0 aromatic rings. The van der Waals surface area contributed by atoms with E-state index in [1.165, 1.54) is 0 Å². The highest BCUT2D eigenvalue weighted by Crippen LogP contribution is 2.21. The molecule has 1 rings (SSSR count). The predicted molar refractivity (Wildman–Crippen MR) is 35.7 cm³/mol. The van der Waals surface area contributed by atoms with Gasteiger partial charge in [0.2, 0.25) is 0 Å². The van der Waals surface area contributed by atoms with Crippen LogP contribution in [0.25, 0.3) is 0 Å². The lowest BCUT2D eigenvalue weighted by Crippen LogP contribution is -2.60. The third-order valence-corrected chi connectivity index (χ3v) is 1.87. The van der Waals surface area contributed by atoms with Crippen molar-refractivity contribution in [1.29, 1.82) is 0 Å². The third-order valence-electron chi connectivity index (χ3n) is 1.87. The van der Waals surface area contributed by atoms with Crippen LogP contribution in [0, 0.1) is 0 Å². The maximum Gasteiger partial charge on any atom is 0.173 e. The smallest absolute Gasteiger partial charge is 0.173 e. The molecule has 12 heavy (non-hydrogen) atoms. The van der Waals surface area contributed by atoms with Gasteiger partial charge in [0.1, 0.15) is 18.9 Å². The molecule has 0 aliphatic carbocycles. The summed E-state index contributed by atoms with van der Waals surface area (Å²) in [6.07, 6.45) is -6.38. The highest BCUT2D eigenvalue weighted by atomic mass is 19.1. The van der Waals surface area contributed by atoms with Gasteiger partial charge in [-0.1, -0.05) is 0 Å². The van der Waals surface area contributed by atoms with Crippen LogP contribution >= 0.6 is 0 Å². The fourth-order valence-electron chi connectivity index (χ4n) is 1.07. The Hall–Kier alpha value is -0.300. The van der Waals surface area contributed by atoms with Crippen molar-refractivity contribution in [1.82, 2.24) is 0 Å². The molecule has 4 nitrogen and oxygen atoms in total. The minimum atomic E-state index is -1.88. The molecule has 1 saturated heterocycles. The molecule has 0 amide bonds. The van der Waals surface area contributed by atoms with Gasteiger partial charge in [0, 0.05) is 0 Å². The van der Waals surface area contributed by atoms with Gasteiger partial charge < -0.3 is 20.7 Å².